The lowest BCUT2D eigenvalue weighted by molar-refractivity contribution is 0.0595. The van der Waals surface area contributed by atoms with Gasteiger partial charge in [-0.2, -0.15) is 0 Å². The van der Waals surface area contributed by atoms with E-state index in [0.717, 1.165) is 30.8 Å². The molecule has 108 valence electrons. The number of halogens is 2. The Balaban J connectivity index is 2.20. The molecule has 2 unspecified atom stereocenters. The first-order chi connectivity index (χ1) is 9.58. The van der Waals surface area contributed by atoms with Crippen LogP contribution in [0.1, 0.15) is 42.6 Å². The largest absolute Gasteiger partial charge is 0.379 e. The molecule has 1 aromatic heterocycles. The molecule has 2 heterocycles. The summed E-state index contributed by atoms with van der Waals surface area (Å²) in [6.07, 6.45) is 2.07. The van der Waals surface area contributed by atoms with Crippen LogP contribution in [-0.2, 0) is 4.74 Å². The third-order valence-electron chi connectivity index (χ3n) is 3.85. The lowest BCUT2D eigenvalue weighted by atomic mass is 10.1. The summed E-state index contributed by atoms with van der Waals surface area (Å²) in [5, 5.41) is -0.215. The highest BCUT2D eigenvalue weighted by atomic mass is 35.5. The summed E-state index contributed by atoms with van der Waals surface area (Å²) >= 11 is 6.26. The van der Waals surface area contributed by atoms with Crippen molar-refractivity contribution >= 4 is 22.6 Å². The van der Waals surface area contributed by atoms with Gasteiger partial charge in [-0.15, -0.1) is 11.6 Å². The van der Waals surface area contributed by atoms with Crippen LogP contribution in [0.2, 0.25) is 0 Å². The zero-order chi connectivity index (χ0) is 14.3. The number of nitrogens with zero attached hydrogens (tertiary/aromatic N) is 2. The van der Waals surface area contributed by atoms with E-state index in [0.29, 0.717) is 17.7 Å². The number of fused-ring (bicyclic) bond motifs is 1. The van der Waals surface area contributed by atoms with E-state index in [9.17, 15) is 4.39 Å². The average molecular weight is 297 g/mol. The highest BCUT2D eigenvalue weighted by Crippen LogP contribution is 2.32. The fourth-order valence-electron chi connectivity index (χ4n) is 2.83. The van der Waals surface area contributed by atoms with E-state index >= 15 is 0 Å². The Labute approximate surface area is 122 Å². The molecule has 1 aliphatic heterocycles. The third-order valence-corrected chi connectivity index (χ3v) is 4.05. The maximum atomic E-state index is 13.7. The summed E-state index contributed by atoms with van der Waals surface area (Å²) in [5.74, 6) is 0.568. The summed E-state index contributed by atoms with van der Waals surface area (Å²) in [6, 6.07) is 3.58. The number of hydrogen-bond acceptors (Lipinski definition) is 2. The molecule has 2 atom stereocenters. The molecule has 20 heavy (non-hydrogen) atoms. The Morgan fingerprint density at radius 1 is 1.50 bits per heavy atom. The van der Waals surface area contributed by atoms with Crippen LogP contribution in [0.5, 0.6) is 0 Å². The zero-order valence-corrected chi connectivity index (χ0v) is 12.5. The summed E-state index contributed by atoms with van der Waals surface area (Å²) in [4.78, 5) is 4.52. The van der Waals surface area contributed by atoms with Crippen LogP contribution in [0, 0.1) is 12.7 Å². The van der Waals surface area contributed by atoms with Crippen LogP contribution < -0.4 is 0 Å². The second kappa shape index (κ2) is 5.34. The average Bonchev–Trinajstić information content (AvgIpc) is 2.79. The number of aryl methyl sites for hydroxylation is 1. The van der Waals surface area contributed by atoms with Crippen molar-refractivity contribution in [3.8, 4) is 0 Å². The molecule has 5 heteroatoms. The molecule has 0 amide bonds. The van der Waals surface area contributed by atoms with E-state index in [-0.39, 0.29) is 17.2 Å². The van der Waals surface area contributed by atoms with Gasteiger partial charge in [0.15, 0.2) is 0 Å². The van der Waals surface area contributed by atoms with Crippen molar-refractivity contribution in [3.63, 3.8) is 0 Å². The van der Waals surface area contributed by atoms with Crippen molar-refractivity contribution in [2.75, 3.05) is 13.2 Å². The van der Waals surface area contributed by atoms with Gasteiger partial charge in [0.25, 0.3) is 0 Å². The number of benzene rings is 1. The van der Waals surface area contributed by atoms with Gasteiger partial charge in [-0.25, -0.2) is 9.37 Å². The number of aromatic nitrogens is 2. The van der Waals surface area contributed by atoms with Gasteiger partial charge in [-0.1, -0.05) is 0 Å². The van der Waals surface area contributed by atoms with Gasteiger partial charge < -0.3 is 9.30 Å². The molecular formula is C15H18ClFN2O. The Hall–Kier alpha value is -1.13. The predicted molar refractivity (Wildman–Crippen MR) is 77.8 cm³/mol. The van der Waals surface area contributed by atoms with E-state index in [1.54, 1.807) is 6.92 Å². The quantitative estimate of drug-likeness (QED) is 0.779. The van der Waals surface area contributed by atoms with E-state index in [1.165, 1.54) is 6.07 Å². The first-order valence-electron chi connectivity index (χ1n) is 6.97. The molecule has 1 aromatic carbocycles. The number of alkyl halides is 1. The fourth-order valence-corrected chi connectivity index (χ4v) is 2.98. The van der Waals surface area contributed by atoms with Crippen molar-refractivity contribution in [1.82, 2.24) is 9.55 Å². The lowest BCUT2D eigenvalue weighted by Gasteiger charge is -2.26. The smallest absolute Gasteiger partial charge is 0.128 e. The Morgan fingerprint density at radius 2 is 2.30 bits per heavy atom. The van der Waals surface area contributed by atoms with Gasteiger partial charge in [0, 0.05) is 12.7 Å². The first kappa shape index (κ1) is 13.8. The molecule has 0 spiro atoms. The molecule has 0 saturated carbocycles. The molecule has 2 aromatic rings. The predicted octanol–water partition coefficient (Wildman–Crippen LogP) is 4.14. The van der Waals surface area contributed by atoms with Crippen molar-refractivity contribution in [2.45, 2.75) is 38.1 Å². The van der Waals surface area contributed by atoms with E-state index in [4.69, 9.17) is 16.3 Å². The maximum Gasteiger partial charge on any atom is 0.128 e. The monoisotopic (exact) mass is 296 g/mol. The van der Waals surface area contributed by atoms with Crippen LogP contribution in [0.3, 0.4) is 0 Å². The molecule has 0 N–H and O–H groups in total. The molecule has 1 aliphatic rings. The summed E-state index contributed by atoms with van der Waals surface area (Å²) in [6.45, 7) is 5.14. The fraction of sp³-hybridized carbons (Fsp3) is 0.533. The molecule has 0 aliphatic carbocycles. The normalized spacial score (nSPS) is 21.3. The highest BCUT2D eigenvalue weighted by Gasteiger charge is 2.24. The SMILES string of the molecule is Cc1cc2c(cc1F)nc(C(C)Cl)n2C1CCCOC1. The van der Waals surface area contributed by atoms with Gasteiger partial charge in [0.05, 0.1) is 29.1 Å². The Kier molecular flexibility index (Phi) is 3.69. The Bertz CT molecular complexity index is 632. The van der Waals surface area contributed by atoms with Gasteiger partial charge in [0.1, 0.15) is 11.6 Å². The van der Waals surface area contributed by atoms with Gasteiger partial charge in [-0.3, -0.25) is 0 Å². The maximum absolute atomic E-state index is 13.7. The summed E-state index contributed by atoms with van der Waals surface area (Å²) in [7, 11) is 0. The molecule has 0 bridgehead atoms. The lowest BCUT2D eigenvalue weighted by Crippen LogP contribution is -2.23. The zero-order valence-electron chi connectivity index (χ0n) is 11.7. The summed E-state index contributed by atoms with van der Waals surface area (Å²) < 4.78 is 21.4. The van der Waals surface area contributed by atoms with Crippen LogP contribution in [-0.4, -0.2) is 22.8 Å². The van der Waals surface area contributed by atoms with Crippen LogP contribution in [0.4, 0.5) is 4.39 Å². The van der Waals surface area contributed by atoms with E-state index in [1.807, 2.05) is 13.0 Å². The van der Waals surface area contributed by atoms with Crippen LogP contribution >= 0.6 is 11.6 Å². The molecular weight excluding hydrogens is 279 g/mol. The molecule has 1 fully saturated rings. The second-order valence-corrected chi connectivity index (χ2v) is 6.07. The van der Waals surface area contributed by atoms with Gasteiger partial charge in [-0.05, 0) is 38.3 Å². The van der Waals surface area contributed by atoms with Crippen molar-refractivity contribution < 1.29 is 9.13 Å². The Morgan fingerprint density at radius 3 is 2.95 bits per heavy atom. The van der Waals surface area contributed by atoms with E-state index < -0.39 is 0 Å². The van der Waals surface area contributed by atoms with Gasteiger partial charge in [0.2, 0.25) is 0 Å². The van der Waals surface area contributed by atoms with Crippen LogP contribution in [0.25, 0.3) is 11.0 Å². The number of hydrogen-bond donors (Lipinski definition) is 0. The number of imidazole rings is 1. The molecule has 3 rings (SSSR count). The minimum atomic E-state index is -0.226. The minimum absolute atomic E-state index is 0.215. The number of ether oxygens (including phenoxy) is 1. The third kappa shape index (κ3) is 2.31. The van der Waals surface area contributed by atoms with Crippen molar-refractivity contribution in [3.05, 3.63) is 29.3 Å². The van der Waals surface area contributed by atoms with Gasteiger partial charge >= 0.3 is 0 Å². The first-order valence-corrected chi connectivity index (χ1v) is 7.41. The minimum Gasteiger partial charge on any atom is -0.379 e. The standard InChI is InChI=1S/C15H18ClFN2O/c1-9-6-14-13(7-12(9)17)18-15(10(2)16)19(14)11-4-3-5-20-8-11/h6-7,10-11H,3-5,8H2,1-2H3. The topological polar surface area (TPSA) is 27.1 Å². The van der Waals surface area contributed by atoms with E-state index in [2.05, 4.69) is 9.55 Å². The molecule has 1 saturated heterocycles. The second-order valence-electron chi connectivity index (χ2n) is 5.42. The van der Waals surface area contributed by atoms with Crippen molar-refractivity contribution in [2.24, 2.45) is 0 Å². The number of rotatable bonds is 2. The molecule has 0 radical (unpaired) electrons. The highest BCUT2D eigenvalue weighted by molar-refractivity contribution is 6.20. The van der Waals surface area contributed by atoms with Crippen LogP contribution in [0.15, 0.2) is 12.1 Å². The van der Waals surface area contributed by atoms with Crippen molar-refractivity contribution in [1.29, 1.82) is 0 Å². The summed E-state index contributed by atoms with van der Waals surface area (Å²) in [5.41, 5.74) is 2.24. The molecule has 3 nitrogen and oxygen atoms in total.